The summed E-state index contributed by atoms with van der Waals surface area (Å²) in [6.45, 7) is 5.79. The summed E-state index contributed by atoms with van der Waals surface area (Å²) >= 11 is 2.89. The third-order valence-corrected chi connectivity index (χ3v) is 9.25. The van der Waals surface area contributed by atoms with Gasteiger partial charge in [0.25, 0.3) is 11.8 Å². The molecule has 1 aliphatic heterocycles. The van der Waals surface area contributed by atoms with E-state index in [9.17, 15) is 14.0 Å². The highest BCUT2D eigenvalue weighted by atomic mass is 32.1. The fourth-order valence-electron chi connectivity index (χ4n) is 5.75. The molecule has 2 amide bonds. The molecule has 1 aliphatic carbocycles. The second kappa shape index (κ2) is 8.77. The van der Waals surface area contributed by atoms with E-state index in [0.29, 0.717) is 45.5 Å². The van der Waals surface area contributed by atoms with E-state index in [2.05, 4.69) is 15.3 Å². The van der Waals surface area contributed by atoms with Crippen LogP contribution in [0.3, 0.4) is 0 Å². The van der Waals surface area contributed by atoms with Crippen LogP contribution < -0.4 is 5.32 Å². The van der Waals surface area contributed by atoms with Gasteiger partial charge in [0.05, 0.1) is 21.6 Å². The average molecular weight is 524 g/mol. The topological polar surface area (TPSA) is 79.6 Å². The number of carbonyl (C=O) groups excluding carboxylic acids is 2. The van der Waals surface area contributed by atoms with Crippen LogP contribution in [0.2, 0.25) is 0 Å². The van der Waals surface area contributed by atoms with Gasteiger partial charge in [0, 0.05) is 24.2 Å². The maximum atomic E-state index is 14.3. The lowest BCUT2D eigenvalue weighted by molar-refractivity contribution is 0.0577. The van der Waals surface area contributed by atoms with E-state index < -0.39 is 0 Å². The standard InChI is InChI=1S/C26H26FN5O2S2/c1-13-4-5-17(11-19(13)27)23-21(30-15(3)36-23)25(34)32-18-7-6-16(10-18)20(32)12-28-24(33)22-14(2)29-26-31(22)8-9-35-26/h4-5,8-9,11,16,18,20H,6-7,10,12H2,1-3H3,(H,28,33)/t16-,18?,20+/m0/s1. The summed E-state index contributed by atoms with van der Waals surface area (Å²) in [6, 6.07) is 5.08. The largest absolute Gasteiger partial charge is 0.349 e. The number of rotatable bonds is 5. The number of aryl methyl sites for hydroxylation is 3. The summed E-state index contributed by atoms with van der Waals surface area (Å²) in [4.78, 5) is 39.5. The molecule has 1 unspecified atom stereocenters. The van der Waals surface area contributed by atoms with Gasteiger partial charge in [-0.3, -0.25) is 14.0 Å². The van der Waals surface area contributed by atoms with Crippen LogP contribution in [0.1, 0.15) is 56.5 Å². The molecule has 1 N–H and O–H groups in total. The number of aromatic nitrogens is 3. The minimum Gasteiger partial charge on any atom is -0.349 e. The molecule has 1 aromatic carbocycles. The molecule has 10 heteroatoms. The number of imidazole rings is 1. The smallest absolute Gasteiger partial charge is 0.274 e. The second-order valence-electron chi connectivity index (χ2n) is 9.69. The lowest BCUT2D eigenvalue weighted by atomic mass is 9.98. The van der Waals surface area contributed by atoms with Gasteiger partial charge in [0.2, 0.25) is 0 Å². The van der Waals surface area contributed by atoms with Crippen LogP contribution in [0.25, 0.3) is 15.4 Å². The monoisotopic (exact) mass is 523 g/mol. The van der Waals surface area contributed by atoms with Gasteiger partial charge in [-0.25, -0.2) is 14.4 Å². The number of carbonyl (C=O) groups is 2. The normalized spacial score (nSPS) is 21.0. The molecule has 2 bridgehead atoms. The Labute approximate surface area is 216 Å². The molecular formula is C26H26FN5O2S2. The van der Waals surface area contributed by atoms with Gasteiger partial charge in [-0.05, 0) is 63.1 Å². The summed E-state index contributed by atoms with van der Waals surface area (Å²) < 4.78 is 16.1. The van der Waals surface area contributed by atoms with Gasteiger partial charge in [-0.1, -0.05) is 12.1 Å². The van der Waals surface area contributed by atoms with Gasteiger partial charge in [0.1, 0.15) is 17.2 Å². The first kappa shape index (κ1) is 23.3. The number of amides is 2. The Bertz CT molecular complexity index is 1510. The second-order valence-corrected chi connectivity index (χ2v) is 11.8. The molecule has 4 heterocycles. The van der Waals surface area contributed by atoms with Crippen molar-refractivity contribution < 1.29 is 14.0 Å². The predicted octanol–water partition coefficient (Wildman–Crippen LogP) is 5.01. The Hall–Kier alpha value is -3.11. The van der Waals surface area contributed by atoms with E-state index in [1.807, 2.05) is 40.8 Å². The van der Waals surface area contributed by atoms with Crippen LogP contribution in [-0.2, 0) is 0 Å². The Morgan fingerprint density at radius 3 is 2.83 bits per heavy atom. The van der Waals surface area contributed by atoms with E-state index in [4.69, 9.17) is 0 Å². The quantitative estimate of drug-likeness (QED) is 0.399. The summed E-state index contributed by atoms with van der Waals surface area (Å²) in [5.74, 6) is -0.281. The van der Waals surface area contributed by atoms with E-state index >= 15 is 0 Å². The Morgan fingerprint density at radius 1 is 1.19 bits per heavy atom. The lowest BCUT2D eigenvalue weighted by Crippen LogP contribution is -2.50. The highest BCUT2D eigenvalue weighted by Crippen LogP contribution is 2.44. The maximum absolute atomic E-state index is 14.3. The number of halogens is 1. The van der Waals surface area contributed by atoms with Crippen LogP contribution >= 0.6 is 22.7 Å². The van der Waals surface area contributed by atoms with E-state index in [-0.39, 0.29) is 29.7 Å². The van der Waals surface area contributed by atoms with E-state index in [1.54, 1.807) is 13.0 Å². The average Bonchev–Trinajstić information content (AvgIpc) is 3.65. The molecule has 4 aromatic rings. The van der Waals surface area contributed by atoms with Crippen LogP contribution in [0.4, 0.5) is 4.39 Å². The first-order chi connectivity index (χ1) is 17.3. The molecule has 3 atom stereocenters. The molecule has 2 aliphatic rings. The van der Waals surface area contributed by atoms with Gasteiger partial charge in [-0.2, -0.15) is 0 Å². The number of fused-ring (bicyclic) bond motifs is 3. The zero-order valence-electron chi connectivity index (χ0n) is 20.2. The Kier molecular flexibility index (Phi) is 5.68. The minimum absolute atomic E-state index is 0.101. The molecular weight excluding hydrogens is 497 g/mol. The first-order valence-electron chi connectivity index (χ1n) is 12.1. The number of benzene rings is 1. The number of hydrogen-bond acceptors (Lipinski definition) is 6. The van der Waals surface area contributed by atoms with Crippen molar-refractivity contribution in [2.75, 3.05) is 6.54 Å². The summed E-state index contributed by atoms with van der Waals surface area (Å²) in [5, 5.41) is 5.75. The molecule has 2 fully saturated rings. The third kappa shape index (κ3) is 3.74. The molecule has 7 nitrogen and oxygen atoms in total. The number of nitrogens with one attached hydrogen (secondary N) is 1. The zero-order valence-corrected chi connectivity index (χ0v) is 21.9. The van der Waals surface area contributed by atoms with Gasteiger partial charge >= 0.3 is 0 Å². The zero-order chi connectivity index (χ0) is 25.1. The van der Waals surface area contributed by atoms with Crippen LogP contribution in [-0.4, -0.2) is 49.7 Å². The fraction of sp³-hybridized carbons (Fsp3) is 0.385. The molecule has 186 valence electrons. The molecule has 36 heavy (non-hydrogen) atoms. The molecule has 1 saturated heterocycles. The predicted molar refractivity (Wildman–Crippen MR) is 138 cm³/mol. The fourth-order valence-corrected chi connectivity index (χ4v) is 7.41. The third-order valence-electron chi connectivity index (χ3n) is 7.47. The van der Waals surface area contributed by atoms with Crippen LogP contribution in [0, 0.1) is 32.5 Å². The lowest BCUT2D eigenvalue weighted by Gasteiger charge is -2.35. The highest BCUT2D eigenvalue weighted by Gasteiger charge is 2.49. The van der Waals surface area contributed by atoms with Crippen molar-refractivity contribution in [2.24, 2.45) is 5.92 Å². The first-order valence-corrected chi connectivity index (χ1v) is 13.8. The Morgan fingerprint density at radius 2 is 2.03 bits per heavy atom. The van der Waals surface area contributed by atoms with E-state index in [0.717, 1.165) is 29.2 Å². The van der Waals surface area contributed by atoms with Crippen molar-refractivity contribution in [3.63, 3.8) is 0 Å². The number of likely N-dealkylation sites (tertiary alicyclic amines) is 1. The van der Waals surface area contributed by atoms with Crippen molar-refractivity contribution in [3.05, 3.63) is 63.2 Å². The van der Waals surface area contributed by atoms with Gasteiger partial charge < -0.3 is 10.2 Å². The number of thiazole rings is 2. The van der Waals surface area contributed by atoms with Crippen molar-refractivity contribution in [1.82, 2.24) is 24.6 Å². The van der Waals surface area contributed by atoms with Gasteiger partial charge in [-0.15, -0.1) is 22.7 Å². The summed E-state index contributed by atoms with van der Waals surface area (Å²) in [7, 11) is 0. The van der Waals surface area contributed by atoms with Crippen molar-refractivity contribution in [1.29, 1.82) is 0 Å². The molecule has 0 spiro atoms. The summed E-state index contributed by atoms with van der Waals surface area (Å²) in [6.07, 6.45) is 4.78. The number of piperidine rings is 1. The van der Waals surface area contributed by atoms with E-state index in [1.165, 1.54) is 28.7 Å². The molecule has 3 aromatic heterocycles. The minimum atomic E-state index is -0.298. The SMILES string of the molecule is Cc1nc(C(=O)N2C3CC[C@@H](C3)[C@H]2CNC(=O)c2c(C)nc3sccn23)c(-c2ccc(C)c(F)c2)s1. The number of hydrogen-bond donors (Lipinski definition) is 1. The van der Waals surface area contributed by atoms with Crippen molar-refractivity contribution in [3.8, 4) is 10.4 Å². The van der Waals surface area contributed by atoms with Crippen LogP contribution in [0.5, 0.6) is 0 Å². The van der Waals surface area contributed by atoms with Crippen LogP contribution in [0.15, 0.2) is 29.8 Å². The van der Waals surface area contributed by atoms with Gasteiger partial charge in [0.15, 0.2) is 4.96 Å². The summed E-state index contributed by atoms with van der Waals surface area (Å²) in [5.41, 5.74) is 2.82. The van der Waals surface area contributed by atoms with Crippen molar-refractivity contribution in [2.45, 2.75) is 52.1 Å². The molecule has 0 radical (unpaired) electrons. The van der Waals surface area contributed by atoms with Crippen molar-refractivity contribution >= 4 is 39.4 Å². The molecule has 1 saturated carbocycles. The molecule has 6 rings (SSSR count). The number of nitrogens with zero attached hydrogens (tertiary/aromatic N) is 4. The maximum Gasteiger partial charge on any atom is 0.274 e. The highest BCUT2D eigenvalue weighted by molar-refractivity contribution is 7.15. The Balaban J connectivity index is 1.27.